The lowest BCUT2D eigenvalue weighted by atomic mass is 10.0. The molecule has 0 spiro atoms. The van der Waals surface area contributed by atoms with Gasteiger partial charge < -0.3 is 14.8 Å². The molecule has 1 atom stereocenters. The average Bonchev–Trinajstić information content (AvgIpc) is 2.84. The number of nitrogens with one attached hydrogen (secondary N) is 1. The minimum absolute atomic E-state index is 0.242. The van der Waals surface area contributed by atoms with Gasteiger partial charge in [0.05, 0.1) is 6.54 Å². The molecule has 2 N–H and O–H groups in total. The van der Waals surface area contributed by atoms with Gasteiger partial charge in [-0.2, -0.15) is 0 Å². The topological polar surface area (TPSA) is 75.4 Å². The first-order valence-corrected chi connectivity index (χ1v) is 6.92. The SMILES string of the molecule is CC(CCNCc1nc2ccccc2o1)CCC(=O)O. The van der Waals surface area contributed by atoms with Gasteiger partial charge in [0.25, 0.3) is 0 Å². The van der Waals surface area contributed by atoms with Crippen molar-refractivity contribution in [2.75, 3.05) is 6.54 Å². The summed E-state index contributed by atoms with van der Waals surface area (Å²) in [5, 5.41) is 11.9. The lowest BCUT2D eigenvalue weighted by Gasteiger charge is -2.09. The van der Waals surface area contributed by atoms with E-state index in [1.807, 2.05) is 24.3 Å². The number of carbonyl (C=O) groups is 1. The number of oxazole rings is 1. The summed E-state index contributed by atoms with van der Waals surface area (Å²) in [5.74, 6) is 0.364. The minimum Gasteiger partial charge on any atom is -0.481 e. The molecule has 0 aliphatic heterocycles. The van der Waals surface area contributed by atoms with Crippen LogP contribution >= 0.6 is 0 Å². The minimum atomic E-state index is -0.726. The Kier molecular flexibility index (Phi) is 5.12. The molecule has 0 radical (unpaired) electrons. The fourth-order valence-electron chi connectivity index (χ4n) is 2.05. The van der Waals surface area contributed by atoms with Gasteiger partial charge in [-0.25, -0.2) is 4.98 Å². The number of hydrogen-bond acceptors (Lipinski definition) is 4. The Balaban J connectivity index is 1.69. The molecular weight excluding hydrogens is 256 g/mol. The Morgan fingerprint density at radius 3 is 2.95 bits per heavy atom. The first kappa shape index (κ1) is 14.5. The molecule has 0 amide bonds. The standard InChI is InChI=1S/C15H20N2O3/c1-11(6-7-15(18)19)8-9-16-10-14-17-12-4-2-3-5-13(12)20-14/h2-5,11,16H,6-10H2,1H3,(H,18,19). The zero-order valence-corrected chi connectivity index (χ0v) is 11.6. The van der Waals surface area contributed by atoms with E-state index in [0.717, 1.165) is 30.5 Å². The third-order valence-corrected chi connectivity index (χ3v) is 3.28. The maximum atomic E-state index is 10.5. The van der Waals surface area contributed by atoms with Crippen LogP contribution in [0.25, 0.3) is 11.1 Å². The molecule has 1 heterocycles. The molecule has 1 unspecified atom stereocenters. The molecule has 108 valence electrons. The van der Waals surface area contributed by atoms with Gasteiger partial charge in [0.2, 0.25) is 5.89 Å². The van der Waals surface area contributed by atoms with Crippen molar-refractivity contribution in [1.82, 2.24) is 10.3 Å². The van der Waals surface area contributed by atoms with Crippen LogP contribution in [0.1, 0.15) is 32.1 Å². The summed E-state index contributed by atoms with van der Waals surface area (Å²) in [4.78, 5) is 14.8. The molecule has 1 aromatic heterocycles. The van der Waals surface area contributed by atoms with E-state index in [0.29, 0.717) is 18.4 Å². The second kappa shape index (κ2) is 7.05. The molecule has 5 nitrogen and oxygen atoms in total. The van der Waals surface area contributed by atoms with Gasteiger partial charge in [0.1, 0.15) is 5.52 Å². The third-order valence-electron chi connectivity index (χ3n) is 3.28. The molecule has 0 bridgehead atoms. The van der Waals surface area contributed by atoms with Crippen molar-refractivity contribution >= 4 is 17.1 Å². The van der Waals surface area contributed by atoms with Crippen molar-refractivity contribution in [1.29, 1.82) is 0 Å². The maximum Gasteiger partial charge on any atom is 0.303 e. The number of benzene rings is 1. The van der Waals surface area contributed by atoms with Gasteiger partial charge >= 0.3 is 5.97 Å². The van der Waals surface area contributed by atoms with Crippen molar-refractivity contribution in [3.8, 4) is 0 Å². The summed E-state index contributed by atoms with van der Waals surface area (Å²) >= 11 is 0. The second-order valence-corrected chi connectivity index (χ2v) is 5.08. The molecule has 1 aromatic carbocycles. The molecule has 0 fully saturated rings. The van der Waals surface area contributed by atoms with Crippen LogP contribution < -0.4 is 5.32 Å². The number of aromatic nitrogens is 1. The first-order valence-electron chi connectivity index (χ1n) is 6.92. The van der Waals surface area contributed by atoms with Crippen LogP contribution in [0.15, 0.2) is 28.7 Å². The molecule has 0 saturated heterocycles. The zero-order valence-electron chi connectivity index (χ0n) is 11.6. The smallest absolute Gasteiger partial charge is 0.303 e. The number of fused-ring (bicyclic) bond motifs is 1. The monoisotopic (exact) mass is 276 g/mol. The number of nitrogens with zero attached hydrogens (tertiary/aromatic N) is 1. The van der Waals surface area contributed by atoms with E-state index in [9.17, 15) is 4.79 Å². The normalized spacial score (nSPS) is 12.7. The fourth-order valence-corrected chi connectivity index (χ4v) is 2.05. The van der Waals surface area contributed by atoms with Crippen LogP contribution in [0, 0.1) is 5.92 Å². The molecule has 0 aliphatic rings. The van der Waals surface area contributed by atoms with E-state index in [1.54, 1.807) is 0 Å². The predicted molar refractivity (Wildman–Crippen MR) is 76.4 cm³/mol. The quantitative estimate of drug-likeness (QED) is 0.725. The van der Waals surface area contributed by atoms with Gasteiger partial charge in [-0.15, -0.1) is 0 Å². The Morgan fingerprint density at radius 1 is 1.40 bits per heavy atom. The van der Waals surface area contributed by atoms with E-state index in [4.69, 9.17) is 9.52 Å². The number of aliphatic carboxylic acids is 1. The summed E-state index contributed by atoms with van der Waals surface area (Å²) in [5.41, 5.74) is 1.68. The highest BCUT2D eigenvalue weighted by molar-refractivity contribution is 5.72. The molecular formula is C15H20N2O3. The highest BCUT2D eigenvalue weighted by atomic mass is 16.4. The van der Waals surface area contributed by atoms with E-state index in [-0.39, 0.29) is 6.42 Å². The van der Waals surface area contributed by atoms with Crippen molar-refractivity contribution < 1.29 is 14.3 Å². The Hall–Kier alpha value is -1.88. The van der Waals surface area contributed by atoms with Gasteiger partial charge in [0, 0.05) is 6.42 Å². The number of carboxylic acids is 1. The summed E-state index contributed by atoms with van der Waals surface area (Å²) in [7, 11) is 0. The zero-order chi connectivity index (χ0) is 14.4. The van der Waals surface area contributed by atoms with Gasteiger partial charge in [-0.3, -0.25) is 4.79 Å². The largest absolute Gasteiger partial charge is 0.481 e. The summed E-state index contributed by atoms with van der Waals surface area (Å²) in [6, 6.07) is 7.69. The van der Waals surface area contributed by atoms with Crippen LogP contribution in [-0.2, 0) is 11.3 Å². The van der Waals surface area contributed by atoms with Gasteiger partial charge in [-0.1, -0.05) is 19.1 Å². The van der Waals surface area contributed by atoms with E-state index >= 15 is 0 Å². The number of rotatable bonds is 8. The molecule has 5 heteroatoms. The van der Waals surface area contributed by atoms with Crippen molar-refractivity contribution in [2.45, 2.75) is 32.7 Å². The predicted octanol–water partition coefficient (Wildman–Crippen LogP) is 2.81. The van der Waals surface area contributed by atoms with Crippen LogP contribution in [0.2, 0.25) is 0 Å². The summed E-state index contributed by atoms with van der Waals surface area (Å²) in [6.45, 7) is 3.50. The van der Waals surface area contributed by atoms with Crippen LogP contribution in [0.3, 0.4) is 0 Å². The van der Waals surface area contributed by atoms with Gasteiger partial charge in [0.15, 0.2) is 5.58 Å². The summed E-state index contributed by atoms with van der Waals surface area (Å²) < 4.78 is 5.60. The fraction of sp³-hybridized carbons (Fsp3) is 0.467. The third kappa shape index (κ3) is 4.35. The Labute approximate surface area is 118 Å². The number of carboxylic acid groups (broad SMARTS) is 1. The average molecular weight is 276 g/mol. The number of para-hydroxylation sites is 2. The molecule has 2 rings (SSSR count). The Morgan fingerprint density at radius 2 is 2.20 bits per heavy atom. The summed E-state index contributed by atoms with van der Waals surface area (Å²) in [6.07, 6.45) is 1.92. The lowest BCUT2D eigenvalue weighted by molar-refractivity contribution is -0.137. The first-order chi connectivity index (χ1) is 9.65. The van der Waals surface area contributed by atoms with Crippen molar-refractivity contribution in [3.05, 3.63) is 30.2 Å². The van der Waals surface area contributed by atoms with Crippen molar-refractivity contribution in [2.24, 2.45) is 5.92 Å². The molecule has 20 heavy (non-hydrogen) atoms. The Bertz CT molecular complexity index is 532. The van der Waals surface area contributed by atoms with Gasteiger partial charge in [-0.05, 0) is 37.4 Å². The van der Waals surface area contributed by atoms with E-state index in [1.165, 1.54) is 0 Å². The number of hydrogen-bond donors (Lipinski definition) is 2. The van der Waals surface area contributed by atoms with Crippen LogP contribution in [0.5, 0.6) is 0 Å². The molecule has 0 aliphatic carbocycles. The van der Waals surface area contributed by atoms with E-state index < -0.39 is 5.97 Å². The molecule has 2 aromatic rings. The van der Waals surface area contributed by atoms with Crippen LogP contribution in [-0.4, -0.2) is 22.6 Å². The lowest BCUT2D eigenvalue weighted by Crippen LogP contribution is -2.17. The van der Waals surface area contributed by atoms with E-state index in [2.05, 4.69) is 17.2 Å². The van der Waals surface area contributed by atoms with Crippen LogP contribution in [0.4, 0.5) is 0 Å². The highest BCUT2D eigenvalue weighted by Crippen LogP contribution is 2.14. The highest BCUT2D eigenvalue weighted by Gasteiger charge is 2.07. The second-order valence-electron chi connectivity index (χ2n) is 5.08. The molecule has 0 saturated carbocycles. The maximum absolute atomic E-state index is 10.5. The van der Waals surface area contributed by atoms with Crippen molar-refractivity contribution in [3.63, 3.8) is 0 Å².